The van der Waals surface area contributed by atoms with Crippen LogP contribution in [0.3, 0.4) is 0 Å². The number of carbonyl (C=O) groups is 1. The Balaban J connectivity index is 1.71. The third-order valence-corrected chi connectivity index (χ3v) is 4.65. The summed E-state index contributed by atoms with van der Waals surface area (Å²) in [5.74, 6) is 0.364. The summed E-state index contributed by atoms with van der Waals surface area (Å²) in [6, 6.07) is 11.1. The maximum absolute atomic E-state index is 12.4. The predicted octanol–water partition coefficient (Wildman–Crippen LogP) is 3.52. The Bertz CT molecular complexity index is 432. The van der Waals surface area contributed by atoms with E-state index < -0.39 is 0 Å². The summed E-state index contributed by atoms with van der Waals surface area (Å²) in [4.78, 5) is 14.5. The van der Waals surface area contributed by atoms with Gasteiger partial charge in [0.2, 0.25) is 5.91 Å². The van der Waals surface area contributed by atoms with Gasteiger partial charge in [-0.2, -0.15) is 0 Å². The molecule has 0 saturated carbocycles. The topological polar surface area (TPSA) is 46.3 Å². The highest BCUT2D eigenvalue weighted by Crippen LogP contribution is 2.23. The standard InChI is InChI=1S/C19H30N2O/c20-15-7-2-1-6-12-19(22)21-16-8-11-18(21)14-13-17-9-4-3-5-10-17/h3-5,9-10,18H,1-2,6-8,11-16,20H2. The maximum Gasteiger partial charge on any atom is 0.222 e. The fraction of sp³-hybridized carbons (Fsp3) is 0.632. The van der Waals surface area contributed by atoms with Crippen molar-refractivity contribution in [2.45, 2.75) is 63.8 Å². The van der Waals surface area contributed by atoms with Crippen LogP contribution in [0.25, 0.3) is 0 Å². The molecule has 3 nitrogen and oxygen atoms in total. The normalized spacial score (nSPS) is 17.9. The Labute approximate surface area is 134 Å². The van der Waals surface area contributed by atoms with E-state index >= 15 is 0 Å². The Morgan fingerprint density at radius 3 is 2.68 bits per heavy atom. The van der Waals surface area contributed by atoms with Crippen molar-refractivity contribution in [2.75, 3.05) is 13.1 Å². The average Bonchev–Trinajstić information content (AvgIpc) is 3.02. The van der Waals surface area contributed by atoms with Crippen LogP contribution in [-0.4, -0.2) is 29.9 Å². The number of unbranched alkanes of at least 4 members (excludes halogenated alkanes) is 3. The van der Waals surface area contributed by atoms with Crippen molar-refractivity contribution in [3.8, 4) is 0 Å². The van der Waals surface area contributed by atoms with Gasteiger partial charge in [0.1, 0.15) is 0 Å². The second kappa shape index (κ2) is 9.62. The Hall–Kier alpha value is -1.35. The van der Waals surface area contributed by atoms with E-state index in [1.165, 1.54) is 18.4 Å². The van der Waals surface area contributed by atoms with Crippen LogP contribution in [0.4, 0.5) is 0 Å². The number of nitrogens with zero attached hydrogens (tertiary/aromatic N) is 1. The highest BCUT2D eigenvalue weighted by Gasteiger charge is 2.27. The number of rotatable bonds is 9. The van der Waals surface area contributed by atoms with E-state index in [9.17, 15) is 4.79 Å². The molecule has 1 atom stereocenters. The summed E-state index contributed by atoms with van der Waals surface area (Å²) in [6.07, 6.45) is 9.61. The lowest BCUT2D eigenvalue weighted by Crippen LogP contribution is -2.35. The molecule has 3 heteroatoms. The molecular formula is C19H30N2O. The summed E-state index contributed by atoms with van der Waals surface area (Å²) in [5, 5.41) is 0. The van der Waals surface area contributed by atoms with Crippen LogP contribution in [0.15, 0.2) is 30.3 Å². The zero-order chi connectivity index (χ0) is 15.6. The zero-order valence-corrected chi connectivity index (χ0v) is 13.7. The first-order valence-corrected chi connectivity index (χ1v) is 8.84. The van der Waals surface area contributed by atoms with Crippen molar-refractivity contribution in [2.24, 2.45) is 5.73 Å². The van der Waals surface area contributed by atoms with E-state index in [0.29, 0.717) is 18.4 Å². The van der Waals surface area contributed by atoms with Crippen molar-refractivity contribution in [1.29, 1.82) is 0 Å². The molecule has 2 N–H and O–H groups in total. The van der Waals surface area contributed by atoms with E-state index in [0.717, 1.165) is 51.6 Å². The van der Waals surface area contributed by atoms with E-state index in [4.69, 9.17) is 5.73 Å². The van der Waals surface area contributed by atoms with E-state index in [1.54, 1.807) is 0 Å². The minimum Gasteiger partial charge on any atom is -0.340 e. The van der Waals surface area contributed by atoms with Gasteiger partial charge in [-0.25, -0.2) is 0 Å². The fourth-order valence-corrected chi connectivity index (χ4v) is 3.36. The van der Waals surface area contributed by atoms with Crippen molar-refractivity contribution in [3.63, 3.8) is 0 Å². The Morgan fingerprint density at radius 2 is 1.91 bits per heavy atom. The van der Waals surface area contributed by atoms with Crippen LogP contribution in [0.5, 0.6) is 0 Å². The van der Waals surface area contributed by atoms with Crippen LogP contribution in [0.2, 0.25) is 0 Å². The van der Waals surface area contributed by atoms with Crippen LogP contribution in [0, 0.1) is 0 Å². The molecule has 1 fully saturated rings. The van der Waals surface area contributed by atoms with Crippen molar-refractivity contribution < 1.29 is 4.79 Å². The molecule has 0 aliphatic carbocycles. The minimum absolute atomic E-state index is 0.364. The van der Waals surface area contributed by atoms with Gasteiger partial charge >= 0.3 is 0 Å². The number of hydrogen-bond acceptors (Lipinski definition) is 2. The number of aryl methyl sites for hydroxylation is 1. The number of amides is 1. The summed E-state index contributed by atoms with van der Waals surface area (Å²) in [7, 11) is 0. The van der Waals surface area contributed by atoms with Gasteiger partial charge in [-0.1, -0.05) is 43.2 Å². The van der Waals surface area contributed by atoms with Gasteiger partial charge in [-0.15, -0.1) is 0 Å². The molecule has 0 radical (unpaired) electrons. The second-order valence-corrected chi connectivity index (χ2v) is 6.36. The highest BCUT2D eigenvalue weighted by atomic mass is 16.2. The lowest BCUT2D eigenvalue weighted by molar-refractivity contribution is -0.132. The third kappa shape index (κ3) is 5.45. The van der Waals surface area contributed by atoms with Crippen molar-refractivity contribution in [1.82, 2.24) is 4.90 Å². The van der Waals surface area contributed by atoms with E-state index in [1.807, 2.05) is 0 Å². The summed E-state index contributed by atoms with van der Waals surface area (Å²) < 4.78 is 0. The number of likely N-dealkylation sites (tertiary alicyclic amines) is 1. The molecule has 1 aromatic rings. The molecule has 1 aliphatic rings. The second-order valence-electron chi connectivity index (χ2n) is 6.36. The van der Waals surface area contributed by atoms with Gasteiger partial charge in [0, 0.05) is 19.0 Å². The maximum atomic E-state index is 12.4. The molecule has 1 heterocycles. The largest absolute Gasteiger partial charge is 0.340 e. The van der Waals surface area contributed by atoms with Gasteiger partial charge in [0.25, 0.3) is 0 Å². The molecule has 0 bridgehead atoms. The lowest BCUT2D eigenvalue weighted by atomic mass is 10.0. The van der Waals surface area contributed by atoms with Crippen LogP contribution in [-0.2, 0) is 11.2 Å². The van der Waals surface area contributed by atoms with Crippen molar-refractivity contribution in [3.05, 3.63) is 35.9 Å². The molecule has 1 aliphatic heterocycles. The van der Waals surface area contributed by atoms with Crippen LogP contribution >= 0.6 is 0 Å². The van der Waals surface area contributed by atoms with Crippen LogP contribution < -0.4 is 5.73 Å². The summed E-state index contributed by atoms with van der Waals surface area (Å²) in [6.45, 7) is 1.72. The first kappa shape index (κ1) is 17.0. The Kier molecular flexibility index (Phi) is 7.44. The molecular weight excluding hydrogens is 272 g/mol. The molecule has 2 rings (SSSR count). The molecule has 1 saturated heterocycles. The quantitative estimate of drug-likeness (QED) is 0.709. The SMILES string of the molecule is NCCCCCCC(=O)N1CCCC1CCc1ccccc1. The number of benzene rings is 1. The highest BCUT2D eigenvalue weighted by molar-refractivity contribution is 5.76. The first-order valence-electron chi connectivity index (χ1n) is 8.84. The molecule has 0 spiro atoms. The molecule has 22 heavy (non-hydrogen) atoms. The molecule has 0 aromatic heterocycles. The smallest absolute Gasteiger partial charge is 0.222 e. The van der Waals surface area contributed by atoms with Gasteiger partial charge in [0.15, 0.2) is 0 Å². The number of carbonyl (C=O) groups excluding carboxylic acids is 1. The first-order chi connectivity index (χ1) is 10.8. The van der Waals surface area contributed by atoms with Gasteiger partial charge < -0.3 is 10.6 Å². The lowest BCUT2D eigenvalue weighted by Gasteiger charge is -2.25. The molecule has 1 amide bonds. The summed E-state index contributed by atoms with van der Waals surface area (Å²) in [5.41, 5.74) is 6.87. The third-order valence-electron chi connectivity index (χ3n) is 4.65. The van der Waals surface area contributed by atoms with Crippen molar-refractivity contribution >= 4 is 5.91 Å². The fourth-order valence-electron chi connectivity index (χ4n) is 3.36. The van der Waals surface area contributed by atoms with Gasteiger partial charge in [-0.05, 0) is 50.6 Å². The molecule has 1 aromatic carbocycles. The van der Waals surface area contributed by atoms with E-state index in [2.05, 4.69) is 35.2 Å². The zero-order valence-electron chi connectivity index (χ0n) is 13.7. The Morgan fingerprint density at radius 1 is 1.14 bits per heavy atom. The predicted molar refractivity (Wildman–Crippen MR) is 91.6 cm³/mol. The monoisotopic (exact) mass is 302 g/mol. The minimum atomic E-state index is 0.364. The molecule has 1 unspecified atom stereocenters. The average molecular weight is 302 g/mol. The van der Waals surface area contributed by atoms with Gasteiger partial charge in [-0.3, -0.25) is 4.79 Å². The number of hydrogen-bond donors (Lipinski definition) is 1. The van der Waals surface area contributed by atoms with Crippen LogP contribution in [0.1, 0.15) is 56.9 Å². The number of nitrogens with two attached hydrogens (primary N) is 1. The van der Waals surface area contributed by atoms with E-state index in [-0.39, 0.29) is 0 Å². The van der Waals surface area contributed by atoms with Gasteiger partial charge in [0.05, 0.1) is 0 Å². The summed E-state index contributed by atoms with van der Waals surface area (Å²) >= 11 is 0. The molecule has 122 valence electrons.